The fraction of sp³-hybridized carbons (Fsp3) is 1.00. The molecule has 0 aromatic heterocycles. The number of rotatable bonds is 0. The monoisotopic (exact) mass is 164 g/mol. The first-order chi connectivity index (χ1) is 4.62. The van der Waals surface area contributed by atoms with Crippen molar-refractivity contribution in [1.82, 2.24) is 0 Å². The van der Waals surface area contributed by atoms with Gasteiger partial charge in [-0.25, -0.2) is 0 Å². The fourth-order valence-electron chi connectivity index (χ4n) is 1.84. The van der Waals surface area contributed by atoms with Gasteiger partial charge in [0, 0.05) is 0 Å². The van der Waals surface area contributed by atoms with Gasteiger partial charge >= 0.3 is 60.3 Å². The molecule has 1 N–H and O–H groups in total. The molecule has 1 aliphatic carbocycles. The van der Waals surface area contributed by atoms with E-state index >= 15 is 0 Å². The quantitative estimate of drug-likeness (QED) is 0.543. The Kier molecular flexibility index (Phi) is 1.34. The van der Waals surface area contributed by atoms with Crippen LogP contribution in [0.4, 0.5) is 4.20 Å². The molecule has 60 valence electrons. The summed E-state index contributed by atoms with van der Waals surface area (Å²) in [6.45, 7) is 0. The molecule has 0 aromatic carbocycles. The molecule has 2 rings (SSSR count). The predicted molar refractivity (Wildman–Crippen MR) is 42.3 cm³/mol. The third kappa shape index (κ3) is 1.19. The van der Waals surface area contributed by atoms with Crippen molar-refractivity contribution in [2.24, 2.45) is 5.41 Å². The summed E-state index contributed by atoms with van der Waals surface area (Å²) in [6.07, 6.45) is 5.52. The molecule has 10 heavy (non-hydrogen) atoms. The summed E-state index contributed by atoms with van der Waals surface area (Å²) in [5.41, 5.74) is 0.519. The molecule has 2 aliphatic rings. The average Bonchev–Trinajstić information content (AvgIpc) is 2.60. The van der Waals surface area contributed by atoms with E-state index < -0.39 is 7.80 Å². The van der Waals surface area contributed by atoms with E-state index in [4.69, 9.17) is 4.89 Å². The third-order valence-corrected chi connectivity index (χ3v) is 5.07. The van der Waals surface area contributed by atoms with Gasteiger partial charge in [-0.05, 0) is 0 Å². The summed E-state index contributed by atoms with van der Waals surface area (Å²) < 4.78 is 12.9. The Morgan fingerprint density at radius 2 is 1.60 bits per heavy atom. The number of hydrogen-bond donors (Lipinski definition) is 1. The first-order valence-corrected chi connectivity index (χ1v) is 6.27. The Hall–Kier alpha value is 0.320. The first-order valence-electron chi connectivity index (χ1n) is 4.03. The molecule has 1 saturated carbocycles. The van der Waals surface area contributed by atoms with Crippen LogP contribution in [0.1, 0.15) is 25.7 Å². The van der Waals surface area contributed by atoms with Gasteiger partial charge in [0.25, 0.3) is 0 Å². The van der Waals surface area contributed by atoms with Gasteiger partial charge in [-0.2, -0.15) is 0 Å². The molecule has 1 saturated heterocycles. The molecular formula is C7H14FOP. The van der Waals surface area contributed by atoms with E-state index in [0.29, 0.717) is 17.7 Å². The van der Waals surface area contributed by atoms with Crippen molar-refractivity contribution < 1.29 is 9.09 Å². The van der Waals surface area contributed by atoms with E-state index in [1.807, 2.05) is 0 Å². The van der Waals surface area contributed by atoms with Gasteiger partial charge in [0.1, 0.15) is 0 Å². The molecule has 0 aromatic rings. The zero-order chi connectivity index (χ0) is 7.24. The summed E-state index contributed by atoms with van der Waals surface area (Å²) in [4.78, 5) is 9.11. The maximum absolute atomic E-state index is 12.9. The van der Waals surface area contributed by atoms with E-state index in [2.05, 4.69) is 0 Å². The van der Waals surface area contributed by atoms with Gasteiger partial charge in [-0.1, -0.05) is 0 Å². The minimum absolute atomic E-state index is 0.507. The SMILES string of the molecule is O[PH]1(F)CCC2(CC2)CC1. The zero-order valence-electron chi connectivity index (χ0n) is 6.07. The van der Waals surface area contributed by atoms with Crippen molar-refractivity contribution in [3.05, 3.63) is 0 Å². The normalized spacial score (nSPS) is 37.4. The Morgan fingerprint density at radius 1 is 1.10 bits per heavy atom. The van der Waals surface area contributed by atoms with E-state index in [9.17, 15) is 4.20 Å². The van der Waals surface area contributed by atoms with Crippen LogP contribution in [0, 0.1) is 5.41 Å². The van der Waals surface area contributed by atoms with E-state index in [0.717, 1.165) is 12.8 Å². The van der Waals surface area contributed by atoms with Crippen molar-refractivity contribution >= 4 is 7.80 Å². The second kappa shape index (κ2) is 1.92. The Bertz CT molecular complexity index is 136. The van der Waals surface area contributed by atoms with Crippen LogP contribution in [0.3, 0.4) is 0 Å². The fourth-order valence-corrected chi connectivity index (χ4v) is 3.92. The Labute approximate surface area is 61.2 Å². The summed E-state index contributed by atoms with van der Waals surface area (Å²) in [6, 6.07) is 0. The van der Waals surface area contributed by atoms with Gasteiger partial charge in [0.2, 0.25) is 0 Å². The van der Waals surface area contributed by atoms with E-state index in [-0.39, 0.29) is 0 Å². The zero-order valence-corrected chi connectivity index (χ0v) is 7.07. The summed E-state index contributed by atoms with van der Waals surface area (Å²) in [7, 11) is -3.14. The van der Waals surface area contributed by atoms with E-state index in [1.54, 1.807) is 0 Å². The maximum atomic E-state index is 12.9. The molecule has 0 unspecified atom stereocenters. The molecule has 2 fully saturated rings. The molecule has 1 heterocycles. The second-order valence-electron chi connectivity index (χ2n) is 3.92. The molecular weight excluding hydrogens is 150 g/mol. The summed E-state index contributed by atoms with van der Waals surface area (Å²) in [5.74, 6) is 0. The van der Waals surface area contributed by atoms with Crippen LogP contribution in [0.15, 0.2) is 0 Å². The van der Waals surface area contributed by atoms with Crippen LogP contribution in [0.2, 0.25) is 0 Å². The third-order valence-electron chi connectivity index (χ3n) is 3.03. The molecule has 1 nitrogen and oxygen atoms in total. The molecule has 0 atom stereocenters. The van der Waals surface area contributed by atoms with Crippen LogP contribution in [-0.2, 0) is 0 Å². The van der Waals surface area contributed by atoms with E-state index in [1.165, 1.54) is 12.8 Å². The topological polar surface area (TPSA) is 20.2 Å². The molecule has 1 aliphatic heterocycles. The van der Waals surface area contributed by atoms with Gasteiger partial charge in [-0.3, -0.25) is 0 Å². The van der Waals surface area contributed by atoms with Gasteiger partial charge in [0.05, 0.1) is 0 Å². The molecule has 1 spiro atoms. The number of hydrogen-bond acceptors (Lipinski definition) is 1. The molecule has 0 radical (unpaired) electrons. The summed E-state index contributed by atoms with van der Waals surface area (Å²) >= 11 is 0. The molecule has 3 heteroatoms. The van der Waals surface area contributed by atoms with Crippen LogP contribution in [0.5, 0.6) is 0 Å². The Balaban J connectivity index is 1.95. The van der Waals surface area contributed by atoms with Crippen molar-refractivity contribution in [3.8, 4) is 0 Å². The van der Waals surface area contributed by atoms with Crippen molar-refractivity contribution in [2.75, 3.05) is 12.3 Å². The average molecular weight is 164 g/mol. The van der Waals surface area contributed by atoms with Crippen molar-refractivity contribution in [1.29, 1.82) is 0 Å². The first kappa shape index (κ1) is 7.00. The van der Waals surface area contributed by atoms with Gasteiger partial charge < -0.3 is 0 Å². The Morgan fingerprint density at radius 3 is 2.00 bits per heavy atom. The van der Waals surface area contributed by atoms with Crippen LogP contribution < -0.4 is 0 Å². The van der Waals surface area contributed by atoms with Crippen molar-refractivity contribution in [3.63, 3.8) is 0 Å². The van der Waals surface area contributed by atoms with Crippen LogP contribution >= 0.6 is 7.80 Å². The van der Waals surface area contributed by atoms with Crippen LogP contribution in [0.25, 0.3) is 0 Å². The predicted octanol–water partition coefficient (Wildman–Crippen LogP) is 2.10. The van der Waals surface area contributed by atoms with Crippen LogP contribution in [-0.4, -0.2) is 17.2 Å². The summed E-state index contributed by atoms with van der Waals surface area (Å²) in [5, 5.41) is 0. The second-order valence-corrected chi connectivity index (χ2v) is 6.75. The van der Waals surface area contributed by atoms with Crippen molar-refractivity contribution in [2.45, 2.75) is 25.7 Å². The standard InChI is InChI=1S/C7H14FOP/c8-10(9)5-3-7(1-2-7)4-6-10/h9-10H,1-6H2. The molecule has 0 amide bonds. The van der Waals surface area contributed by atoms with Gasteiger partial charge in [0.15, 0.2) is 0 Å². The van der Waals surface area contributed by atoms with Gasteiger partial charge in [-0.15, -0.1) is 0 Å². The minimum atomic E-state index is -3.14. The number of halogens is 1. The molecule has 0 bridgehead atoms.